The van der Waals surface area contributed by atoms with Crippen LogP contribution in [0.3, 0.4) is 0 Å². The van der Waals surface area contributed by atoms with E-state index in [2.05, 4.69) is 14.3 Å². The molecule has 88 valence electrons. The number of cyclic esters (lactones) is 2. The molecule has 1 heterocycles. The number of nitrogens with zero attached hydrogens (tertiary/aromatic N) is 1. The molecule has 0 amide bonds. The minimum absolute atomic E-state index is 0.397. The van der Waals surface area contributed by atoms with E-state index in [4.69, 9.17) is 6.57 Å². The Morgan fingerprint density at radius 3 is 2.44 bits per heavy atom. The van der Waals surface area contributed by atoms with Crippen LogP contribution in [0.15, 0.2) is 0 Å². The smallest absolute Gasteiger partial charge is 0.381 e. The lowest BCUT2D eigenvalue weighted by Gasteiger charge is -2.29. The predicted octanol–water partition coefficient (Wildman–Crippen LogP) is 2.94. The van der Waals surface area contributed by atoms with Crippen LogP contribution in [0.2, 0.25) is 0 Å². The van der Waals surface area contributed by atoms with Crippen molar-refractivity contribution in [1.82, 2.24) is 0 Å². The Morgan fingerprint density at radius 1 is 1.25 bits per heavy atom. The second-order valence-corrected chi connectivity index (χ2v) is 4.11. The lowest BCUT2D eigenvalue weighted by atomic mass is 9.82. The van der Waals surface area contributed by atoms with E-state index in [1.807, 2.05) is 0 Å². The summed E-state index contributed by atoms with van der Waals surface area (Å²) in [7, 11) is 0. The molecule has 0 radical (unpaired) electrons. The Labute approximate surface area is 91.3 Å². The number of rotatable bonds is 1. The molecule has 0 aromatic rings. The number of halogens is 2. The molecule has 1 aliphatic carbocycles. The summed E-state index contributed by atoms with van der Waals surface area (Å²) in [6.07, 6.45) is 1.76. The van der Waals surface area contributed by atoms with Gasteiger partial charge in [0.05, 0.1) is 0 Å². The van der Waals surface area contributed by atoms with E-state index in [0.29, 0.717) is 12.8 Å². The normalized spacial score (nSPS) is 39.9. The van der Waals surface area contributed by atoms with E-state index >= 15 is 0 Å². The number of carbonyl (C=O) groups excluding carboxylic acids is 1. The van der Waals surface area contributed by atoms with Crippen LogP contribution < -0.4 is 0 Å². The maximum absolute atomic E-state index is 14.3. The highest BCUT2D eigenvalue weighted by Crippen LogP contribution is 2.50. The fourth-order valence-corrected chi connectivity index (χ4v) is 2.29. The van der Waals surface area contributed by atoms with Crippen molar-refractivity contribution in [3.8, 4) is 0 Å². The Morgan fingerprint density at radius 2 is 1.88 bits per heavy atom. The van der Waals surface area contributed by atoms with Gasteiger partial charge in [-0.05, 0) is 12.8 Å². The van der Waals surface area contributed by atoms with Crippen LogP contribution in [0.4, 0.5) is 13.6 Å². The van der Waals surface area contributed by atoms with E-state index in [9.17, 15) is 13.6 Å². The summed E-state index contributed by atoms with van der Waals surface area (Å²) in [5.74, 6) is -7.08. The molecule has 2 atom stereocenters. The molecule has 0 N–H and O–H groups in total. The molecule has 2 unspecified atom stereocenters. The minimum atomic E-state index is -3.33. The van der Waals surface area contributed by atoms with Gasteiger partial charge in [0.15, 0.2) is 0 Å². The highest BCUT2D eigenvalue weighted by atomic mass is 19.2. The summed E-state index contributed by atoms with van der Waals surface area (Å²) < 4.78 is 36.5. The maximum Gasteiger partial charge on any atom is 0.615 e. The average molecular weight is 231 g/mol. The molecular weight excluding hydrogens is 220 g/mol. The van der Waals surface area contributed by atoms with Crippen LogP contribution in [-0.2, 0) is 9.47 Å². The molecule has 1 saturated heterocycles. The number of alkyl halides is 2. The molecule has 2 rings (SSSR count). The zero-order valence-electron chi connectivity index (χ0n) is 8.54. The lowest BCUT2D eigenvalue weighted by molar-refractivity contribution is -0.223. The SMILES string of the molecule is [C-]#[N+]C1(F)OC(=O)OC1(F)C1CCCCC1. The first-order valence-electron chi connectivity index (χ1n) is 5.20. The maximum atomic E-state index is 14.3. The summed E-state index contributed by atoms with van der Waals surface area (Å²) in [4.78, 5) is 13.2. The fourth-order valence-electron chi connectivity index (χ4n) is 2.29. The van der Waals surface area contributed by atoms with Gasteiger partial charge in [-0.2, -0.15) is 4.39 Å². The monoisotopic (exact) mass is 231 g/mol. The van der Waals surface area contributed by atoms with Crippen LogP contribution in [0, 0.1) is 12.5 Å². The van der Waals surface area contributed by atoms with E-state index < -0.39 is 23.9 Å². The largest absolute Gasteiger partial charge is 0.615 e. The van der Waals surface area contributed by atoms with Crippen molar-refractivity contribution in [3.63, 3.8) is 0 Å². The van der Waals surface area contributed by atoms with Gasteiger partial charge in [-0.3, -0.25) is 0 Å². The summed E-state index contributed by atoms with van der Waals surface area (Å²) in [5.41, 5.74) is 0. The predicted molar refractivity (Wildman–Crippen MR) is 48.4 cm³/mol. The minimum Gasteiger partial charge on any atom is -0.381 e. The van der Waals surface area contributed by atoms with Crippen LogP contribution in [0.5, 0.6) is 0 Å². The van der Waals surface area contributed by atoms with E-state index in [1.165, 1.54) is 0 Å². The van der Waals surface area contributed by atoms with Crippen molar-refractivity contribution in [2.75, 3.05) is 0 Å². The van der Waals surface area contributed by atoms with Crippen molar-refractivity contribution in [3.05, 3.63) is 11.4 Å². The number of ether oxygens (including phenoxy) is 2. The molecule has 6 heteroatoms. The lowest BCUT2D eigenvalue weighted by Crippen LogP contribution is -2.49. The molecule has 0 aromatic carbocycles. The van der Waals surface area contributed by atoms with Crippen molar-refractivity contribution < 1.29 is 23.0 Å². The third-order valence-electron chi connectivity index (χ3n) is 3.14. The molecule has 0 bridgehead atoms. The Bertz CT molecular complexity index is 350. The van der Waals surface area contributed by atoms with Crippen molar-refractivity contribution in [2.24, 2.45) is 5.92 Å². The summed E-state index contributed by atoms with van der Waals surface area (Å²) >= 11 is 0. The number of hydrogen-bond acceptors (Lipinski definition) is 3. The highest BCUT2D eigenvalue weighted by molar-refractivity contribution is 5.64. The topological polar surface area (TPSA) is 39.9 Å². The van der Waals surface area contributed by atoms with Gasteiger partial charge < -0.3 is 9.47 Å². The van der Waals surface area contributed by atoms with Gasteiger partial charge in [-0.15, -0.1) is 4.39 Å². The molecule has 4 nitrogen and oxygen atoms in total. The first-order valence-corrected chi connectivity index (χ1v) is 5.20. The average Bonchev–Trinajstić information content (AvgIpc) is 2.52. The second-order valence-electron chi connectivity index (χ2n) is 4.11. The van der Waals surface area contributed by atoms with Crippen molar-refractivity contribution in [2.45, 2.75) is 43.9 Å². The van der Waals surface area contributed by atoms with Gasteiger partial charge in [-0.25, -0.2) is 16.2 Å². The molecule has 2 aliphatic rings. The molecule has 16 heavy (non-hydrogen) atoms. The third kappa shape index (κ3) is 1.42. The number of carbonyl (C=O) groups is 1. The molecule has 2 fully saturated rings. The van der Waals surface area contributed by atoms with Crippen LogP contribution in [-0.4, -0.2) is 18.0 Å². The Kier molecular flexibility index (Phi) is 2.49. The Balaban J connectivity index is 2.28. The van der Waals surface area contributed by atoms with Gasteiger partial charge >= 0.3 is 18.0 Å². The van der Waals surface area contributed by atoms with Crippen LogP contribution >= 0.6 is 0 Å². The molecule has 0 spiro atoms. The zero-order valence-corrected chi connectivity index (χ0v) is 8.54. The van der Waals surface area contributed by atoms with Gasteiger partial charge in [0.1, 0.15) is 0 Å². The first kappa shape index (κ1) is 11.1. The fraction of sp³-hybridized carbons (Fsp3) is 0.800. The second kappa shape index (κ2) is 3.58. The highest BCUT2D eigenvalue weighted by Gasteiger charge is 2.77. The van der Waals surface area contributed by atoms with Crippen molar-refractivity contribution in [1.29, 1.82) is 0 Å². The van der Waals surface area contributed by atoms with Gasteiger partial charge in [0.2, 0.25) is 0 Å². The quantitative estimate of drug-likeness (QED) is 0.395. The molecule has 0 aromatic heterocycles. The van der Waals surface area contributed by atoms with Crippen LogP contribution in [0.25, 0.3) is 4.85 Å². The molecular formula is C10H11F2NO3. The molecule has 1 aliphatic heterocycles. The van der Waals surface area contributed by atoms with Gasteiger partial charge in [0.25, 0.3) is 0 Å². The Hall–Kier alpha value is -1.38. The number of hydrogen-bond donors (Lipinski definition) is 0. The first-order chi connectivity index (χ1) is 7.52. The van der Waals surface area contributed by atoms with E-state index in [1.54, 1.807) is 0 Å². The van der Waals surface area contributed by atoms with Gasteiger partial charge in [-0.1, -0.05) is 19.3 Å². The molecule has 1 saturated carbocycles. The van der Waals surface area contributed by atoms with Crippen molar-refractivity contribution >= 4 is 6.16 Å². The van der Waals surface area contributed by atoms with Crippen LogP contribution in [0.1, 0.15) is 32.1 Å². The summed E-state index contributed by atoms with van der Waals surface area (Å²) in [6.45, 7) is 6.61. The standard InChI is InChI=1S/C10H11F2NO3/c1-13-10(12)9(11,15-8(14)16-10)7-5-3-2-4-6-7/h7H,2-6H2. The summed E-state index contributed by atoms with van der Waals surface area (Å²) in [6, 6.07) is 0. The van der Waals surface area contributed by atoms with E-state index in [0.717, 1.165) is 19.3 Å². The van der Waals surface area contributed by atoms with E-state index in [-0.39, 0.29) is 0 Å². The van der Waals surface area contributed by atoms with Gasteiger partial charge in [0, 0.05) is 5.92 Å². The third-order valence-corrected chi connectivity index (χ3v) is 3.14. The summed E-state index contributed by atoms with van der Waals surface area (Å²) in [5, 5.41) is 0. The zero-order chi connectivity index (χ0) is 11.8.